The zero-order chi connectivity index (χ0) is 24.5. The Morgan fingerprint density at radius 3 is 1.89 bits per heavy atom. The van der Waals surface area contributed by atoms with Crippen LogP contribution in [0.4, 0.5) is 0 Å². The van der Waals surface area contributed by atoms with Gasteiger partial charge >= 0.3 is 11.9 Å². The van der Waals surface area contributed by atoms with E-state index in [1.807, 2.05) is 12.1 Å². The Kier molecular flexibility index (Phi) is 5.94. The number of carbonyl (C=O) groups is 2. The third kappa shape index (κ3) is 4.72. The first-order valence-corrected chi connectivity index (χ1v) is 12.1. The minimum absolute atomic E-state index is 0.00575. The van der Waals surface area contributed by atoms with Crippen molar-refractivity contribution >= 4 is 34.6 Å². The summed E-state index contributed by atoms with van der Waals surface area (Å²) in [5.74, 6) is -2.24. The SMILES string of the molecule is Cc1ccc(-c2ccc(-c3ccnc(-c4cc(C(=O)O)cc(-c5cc(C(=O)O)ccn5)n4)c3)s2)s1. The van der Waals surface area contributed by atoms with E-state index >= 15 is 0 Å². The summed E-state index contributed by atoms with van der Waals surface area (Å²) in [5, 5.41) is 19.0. The second-order valence-corrected chi connectivity index (χ2v) is 10.0. The van der Waals surface area contributed by atoms with Crippen LogP contribution < -0.4 is 0 Å². The van der Waals surface area contributed by atoms with Crippen LogP contribution in [0.2, 0.25) is 0 Å². The minimum Gasteiger partial charge on any atom is -0.478 e. The van der Waals surface area contributed by atoms with Crippen LogP contribution in [0.15, 0.2) is 73.1 Å². The van der Waals surface area contributed by atoms with Crippen LogP contribution in [-0.2, 0) is 0 Å². The molecule has 0 aromatic carbocycles. The zero-order valence-corrected chi connectivity index (χ0v) is 19.9. The van der Waals surface area contributed by atoms with E-state index in [4.69, 9.17) is 0 Å². The summed E-state index contributed by atoms with van der Waals surface area (Å²) in [6.45, 7) is 2.08. The van der Waals surface area contributed by atoms with Crippen molar-refractivity contribution in [2.24, 2.45) is 0 Å². The molecule has 0 bridgehead atoms. The number of nitrogens with zero attached hydrogens (tertiary/aromatic N) is 3. The van der Waals surface area contributed by atoms with Crippen molar-refractivity contribution in [3.8, 4) is 43.0 Å². The van der Waals surface area contributed by atoms with E-state index in [1.165, 1.54) is 45.1 Å². The van der Waals surface area contributed by atoms with Crippen molar-refractivity contribution < 1.29 is 19.8 Å². The lowest BCUT2D eigenvalue weighted by Crippen LogP contribution is -2.02. The predicted molar refractivity (Wildman–Crippen MR) is 136 cm³/mol. The maximum absolute atomic E-state index is 11.8. The summed E-state index contributed by atoms with van der Waals surface area (Å²) < 4.78 is 0. The number of aromatic nitrogens is 3. The van der Waals surface area contributed by atoms with Gasteiger partial charge in [0.25, 0.3) is 0 Å². The van der Waals surface area contributed by atoms with E-state index in [0.717, 1.165) is 10.4 Å². The summed E-state index contributed by atoms with van der Waals surface area (Å²) in [7, 11) is 0. The van der Waals surface area contributed by atoms with Crippen molar-refractivity contribution in [1.82, 2.24) is 15.0 Å². The van der Waals surface area contributed by atoms with E-state index in [9.17, 15) is 19.8 Å². The number of pyridine rings is 3. The fourth-order valence-electron chi connectivity index (χ4n) is 3.54. The molecule has 2 N–H and O–H groups in total. The summed E-state index contributed by atoms with van der Waals surface area (Å²) in [4.78, 5) is 41.1. The Labute approximate surface area is 208 Å². The lowest BCUT2D eigenvalue weighted by atomic mass is 10.1. The molecular formula is C26H17N3O4S2. The molecule has 0 atom stereocenters. The van der Waals surface area contributed by atoms with Gasteiger partial charge in [0.1, 0.15) is 0 Å². The van der Waals surface area contributed by atoms with Gasteiger partial charge in [-0.2, -0.15) is 0 Å². The summed E-state index contributed by atoms with van der Waals surface area (Å²) in [6.07, 6.45) is 3.02. The molecular weight excluding hydrogens is 482 g/mol. The van der Waals surface area contributed by atoms with Crippen molar-refractivity contribution in [3.05, 3.63) is 89.1 Å². The molecule has 9 heteroatoms. The maximum Gasteiger partial charge on any atom is 0.335 e. The molecule has 5 rings (SSSR count). The van der Waals surface area contributed by atoms with Crippen LogP contribution in [0.5, 0.6) is 0 Å². The molecule has 35 heavy (non-hydrogen) atoms. The first-order valence-electron chi connectivity index (χ1n) is 10.5. The number of aromatic carboxylic acids is 2. The Bertz CT molecular complexity index is 1590. The smallest absolute Gasteiger partial charge is 0.335 e. The van der Waals surface area contributed by atoms with E-state index in [-0.39, 0.29) is 22.5 Å². The fourth-order valence-corrected chi connectivity index (χ4v) is 5.50. The Morgan fingerprint density at radius 2 is 1.23 bits per heavy atom. The monoisotopic (exact) mass is 499 g/mol. The molecule has 0 aliphatic carbocycles. The van der Waals surface area contributed by atoms with E-state index in [0.29, 0.717) is 11.4 Å². The van der Waals surface area contributed by atoms with E-state index < -0.39 is 11.9 Å². The molecule has 0 amide bonds. The third-order valence-electron chi connectivity index (χ3n) is 5.24. The highest BCUT2D eigenvalue weighted by atomic mass is 32.1. The Hall–Kier alpha value is -4.21. The number of carboxylic acid groups (broad SMARTS) is 2. The topological polar surface area (TPSA) is 113 Å². The first-order chi connectivity index (χ1) is 16.9. The molecule has 5 heterocycles. The molecule has 0 saturated carbocycles. The molecule has 5 aromatic heterocycles. The number of aryl methyl sites for hydroxylation is 1. The van der Waals surface area contributed by atoms with Crippen LogP contribution in [-0.4, -0.2) is 37.1 Å². The van der Waals surface area contributed by atoms with Crippen molar-refractivity contribution in [3.63, 3.8) is 0 Å². The third-order valence-corrected chi connectivity index (χ3v) is 7.57. The molecule has 5 aromatic rings. The van der Waals surface area contributed by atoms with Gasteiger partial charge in [-0.15, -0.1) is 22.7 Å². The van der Waals surface area contributed by atoms with Crippen molar-refractivity contribution in [2.75, 3.05) is 0 Å². The van der Waals surface area contributed by atoms with Gasteiger partial charge < -0.3 is 10.2 Å². The van der Waals surface area contributed by atoms with Crippen LogP contribution in [0.25, 0.3) is 43.0 Å². The molecule has 0 spiro atoms. The molecule has 0 aliphatic heterocycles. The van der Waals surface area contributed by atoms with Crippen LogP contribution in [0, 0.1) is 6.92 Å². The highest BCUT2D eigenvalue weighted by Gasteiger charge is 2.15. The van der Waals surface area contributed by atoms with Gasteiger partial charge in [0, 0.05) is 31.9 Å². The highest BCUT2D eigenvalue weighted by Crippen LogP contribution is 2.38. The highest BCUT2D eigenvalue weighted by molar-refractivity contribution is 7.23. The molecule has 172 valence electrons. The largest absolute Gasteiger partial charge is 0.478 e. The predicted octanol–water partition coefficient (Wildman–Crippen LogP) is 6.37. The van der Waals surface area contributed by atoms with Crippen LogP contribution >= 0.6 is 22.7 Å². The number of thiophene rings is 2. The van der Waals surface area contributed by atoms with E-state index in [1.54, 1.807) is 28.9 Å². The van der Waals surface area contributed by atoms with Crippen molar-refractivity contribution in [2.45, 2.75) is 6.92 Å². The molecule has 0 unspecified atom stereocenters. The second-order valence-electron chi connectivity index (χ2n) is 7.67. The second kappa shape index (κ2) is 9.21. The van der Waals surface area contributed by atoms with Gasteiger partial charge in [0.05, 0.1) is 33.9 Å². The normalized spacial score (nSPS) is 10.9. The zero-order valence-electron chi connectivity index (χ0n) is 18.3. The lowest BCUT2D eigenvalue weighted by Gasteiger charge is -2.08. The van der Waals surface area contributed by atoms with Crippen molar-refractivity contribution in [1.29, 1.82) is 0 Å². The lowest BCUT2D eigenvalue weighted by molar-refractivity contribution is 0.0686. The van der Waals surface area contributed by atoms with Gasteiger partial charge in [0.15, 0.2) is 0 Å². The quantitative estimate of drug-likeness (QED) is 0.279. The van der Waals surface area contributed by atoms with E-state index in [2.05, 4.69) is 46.1 Å². The summed E-state index contributed by atoms with van der Waals surface area (Å²) in [5.41, 5.74) is 2.36. The van der Waals surface area contributed by atoms with Crippen LogP contribution in [0.1, 0.15) is 25.6 Å². The maximum atomic E-state index is 11.8. The standard InChI is InChI=1S/C26H17N3O4S2/c1-14-2-3-23(34-14)24-5-4-22(35-24)15-6-8-27-18(10-15)20-12-17(26(32)33)13-21(29-20)19-11-16(25(30)31)7-9-28-19/h2-13H,1H3,(H,30,31)(H,32,33). The number of hydrogen-bond acceptors (Lipinski definition) is 7. The molecule has 0 aliphatic rings. The Balaban J connectivity index is 1.56. The van der Waals surface area contributed by atoms with Gasteiger partial charge in [-0.3, -0.25) is 9.97 Å². The molecule has 0 saturated heterocycles. The molecule has 0 radical (unpaired) electrons. The number of rotatable bonds is 6. The van der Waals surface area contributed by atoms with Gasteiger partial charge in [0.2, 0.25) is 0 Å². The molecule has 7 nitrogen and oxygen atoms in total. The van der Waals surface area contributed by atoms with Gasteiger partial charge in [-0.1, -0.05) is 0 Å². The fraction of sp³-hybridized carbons (Fsp3) is 0.0385. The average Bonchev–Trinajstić information content (AvgIpc) is 3.53. The van der Waals surface area contributed by atoms with Crippen LogP contribution in [0.3, 0.4) is 0 Å². The average molecular weight is 500 g/mol. The molecule has 0 fully saturated rings. The first kappa shape index (κ1) is 22.6. The number of hydrogen-bond donors (Lipinski definition) is 2. The minimum atomic E-state index is -1.13. The number of carboxylic acids is 2. The Morgan fingerprint density at radius 1 is 0.657 bits per heavy atom. The summed E-state index contributed by atoms with van der Waals surface area (Å²) in [6, 6.07) is 17.7. The summed E-state index contributed by atoms with van der Waals surface area (Å²) >= 11 is 3.42. The van der Waals surface area contributed by atoms with Gasteiger partial charge in [-0.25, -0.2) is 14.6 Å². The van der Waals surface area contributed by atoms with Gasteiger partial charge in [-0.05, 0) is 73.2 Å².